The third kappa shape index (κ3) is 1.80. The van der Waals surface area contributed by atoms with Gasteiger partial charge in [-0.25, -0.2) is 4.79 Å². The highest BCUT2D eigenvalue weighted by atomic mass is 16.4. The average Bonchev–Trinajstić information content (AvgIpc) is 2.50. The maximum atomic E-state index is 11.1. The molecule has 0 bridgehead atoms. The molecule has 1 aliphatic rings. The van der Waals surface area contributed by atoms with Gasteiger partial charge in [-0.15, -0.1) is 0 Å². The van der Waals surface area contributed by atoms with Crippen molar-refractivity contribution in [2.75, 3.05) is 6.54 Å². The molecule has 1 heterocycles. The molecule has 0 aliphatic carbocycles. The Kier molecular flexibility index (Phi) is 2.55. The summed E-state index contributed by atoms with van der Waals surface area (Å²) in [6.45, 7) is 3.97. The third-order valence-corrected chi connectivity index (χ3v) is 2.12. The van der Waals surface area contributed by atoms with Crippen molar-refractivity contribution in [1.82, 2.24) is 4.90 Å². The van der Waals surface area contributed by atoms with Crippen molar-refractivity contribution in [3.8, 4) is 0 Å². The molecular weight excluding hydrogens is 172 g/mol. The predicted octanol–water partition coefficient (Wildman–Crippen LogP) is -0.466. The highest BCUT2D eigenvalue weighted by Crippen LogP contribution is 2.20. The molecule has 13 heavy (non-hydrogen) atoms. The van der Waals surface area contributed by atoms with E-state index in [4.69, 9.17) is 10.8 Å². The fourth-order valence-corrected chi connectivity index (χ4v) is 1.52. The fraction of sp³-hybridized carbons (Fsp3) is 0.500. The van der Waals surface area contributed by atoms with E-state index in [0.717, 1.165) is 6.42 Å². The van der Waals surface area contributed by atoms with E-state index in [-0.39, 0.29) is 6.04 Å². The first kappa shape index (κ1) is 9.57. The van der Waals surface area contributed by atoms with Crippen LogP contribution in [-0.4, -0.2) is 34.5 Å². The highest BCUT2D eigenvalue weighted by Gasteiger charge is 2.32. The van der Waals surface area contributed by atoms with Crippen LogP contribution in [0, 0.1) is 0 Å². The van der Waals surface area contributed by atoms with Crippen LogP contribution in [0.2, 0.25) is 0 Å². The minimum Gasteiger partial charge on any atom is -0.474 e. The number of likely N-dealkylation sites (tertiary alicyclic amines) is 1. The molecule has 0 radical (unpaired) electrons. The van der Waals surface area contributed by atoms with Crippen molar-refractivity contribution >= 4 is 11.9 Å². The number of amides is 1. The van der Waals surface area contributed by atoms with Crippen LogP contribution >= 0.6 is 0 Å². The second-order valence-corrected chi connectivity index (χ2v) is 3.04. The second-order valence-electron chi connectivity index (χ2n) is 3.04. The van der Waals surface area contributed by atoms with Gasteiger partial charge in [0.1, 0.15) is 0 Å². The maximum Gasteiger partial charge on any atom is 0.394 e. The fourth-order valence-electron chi connectivity index (χ4n) is 1.52. The summed E-state index contributed by atoms with van der Waals surface area (Å²) in [6.07, 6.45) is 1.48. The molecule has 1 aliphatic heterocycles. The van der Waals surface area contributed by atoms with Gasteiger partial charge in [0.05, 0.1) is 6.04 Å². The Morgan fingerprint density at radius 3 is 2.62 bits per heavy atom. The van der Waals surface area contributed by atoms with Crippen LogP contribution in [-0.2, 0) is 9.59 Å². The molecule has 72 valence electrons. The topological polar surface area (TPSA) is 83.6 Å². The van der Waals surface area contributed by atoms with Crippen LogP contribution in [0.4, 0.5) is 0 Å². The van der Waals surface area contributed by atoms with Gasteiger partial charge in [0.25, 0.3) is 0 Å². The molecule has 0 aromatic heterocycles. The Balaban J connectivity index is 2.74. The van der Waals surface area contributed by atoms with Crippen LogP contribution in [0.1, 0.15) is 12.8 Å². The number of carbonyl (C=O) groups is 2. The van der Waals surface area contributed by atoms with Crippen molar-refractivity contribution in [2.24, 2.45) is 5.73 Å². The molecule has 5 nitrogen and oxygen atoms in total. The third-order valence-electron chi connectivity index (χ3n) is 2.12. The first-order valence-electron chi connectivity index (χ1n) is 4.02. The summed E-state index contributed by atoms with van der Waals surface area (Å²) >= 11 is 0. The number of carbonyl (C=O) groups excluding carboxylic acids is 1. The molecule has 0 spiro atoms. The lowest BCUT2D eigenvalue weighted by Crippen LogP contribution is -2.42. The zero-order valence-corrected chi connectivity index (χ0v) is 7.19. The molecule has 1 rings (SSSR count). The molecule has 1 atom stereocenters. The van der Waals surface area contributed by atoms with Crippen LogP contribution < -0.4 is 5.73 Å². The normalized spacial score (nSPS) is 21.5. The van der Waals surface area contributed by atoms with Gasteiger partial charge < -0.3 is 15.7 Å². The first-order valence-corrected chi connectivity index (χ1v) is 4.02. The Morgan fingerprint density at radius 2 is 2.15 bits per heavy atom. The first-order chi connectivity index (χ1) is 6.04. The van der Waals surface area contributed by atoms with E-state index in [0.29, 0.717) is 18.7 Å². The van der Waals surface area contributed by atoms with Gasteiger partial charge in [0.2, 0.25) is 0 Å². The summed E-state index contributed by atoms with van der Waals surface area (Å²) in [7, 11) is 0. The maximum absolute atomic E-state index is 11.1. The molecule has 0 aromatic rings. The van der Waals surface area contributed by atoms with E-state index in [2.05, 4.69) is 6.58 Å². The van der Waals surface area contributed by atoms with Gasteiger partial charge in [0, 0.05) is 12.2 Å². The summed E-state index contributed by atoms with van der Waals surface area (Å²) in [5.74, 6) is -2.33. The highest BCUT2D eigenvalue weighted by molar-refractivity contribution is 6.31. The monoisotopic (exact) mass is 184 g/mol. The lowest BCUT2D eigenvalue weighted by atomic mass is 10.2. The number of rotatable bonds is 1. The number of carboxylic acids is 1. The van der Waals surface area contributed by atoms with Crippen molar-refractivity contribution < 1.29 is 14.7 Å². The Hall–Kier alpha value is -1.52. The van der Waals surface area contributed by atoms with Crippen molar-refractivity contribution in [3.05, 3.63) is 12.3 Å². The molecule has 3 N–H and O–H groups in total. The lowest BCUT2D eigenvalue weighted by molar-refractivity contribution is -0.156. The van der Waals surface area contributed by atoms with E-state index in [1.165, 1.54) is 4.90 Å². The minimum absolute atomic E-state index is 0.302. The lowest BCUT2D eigenvalue weighted by Gasteiger charge is -2.22. The Morgan fingerprint density at radius 1 is 1.54 bits per heavy atom. The number of hydrogen-bond donors (Lipinski definition) is 2. The summed E-state index contributed by atoms with van der Waals surface area (Å²) in [5.41, 5.74) is 5.80. The Labute approximate surface area is 75.8 Å². The largest absolute Gasteiger partial charge is 0.474 e. The van der Waals surface area contributed by atoms with Gasteiger partial charge in [-0.2, -0.15) is 0 Å². The second kappa shape index (κ2) is 3.47. The van der Waals surface area contributed by atoms with Gasteiger partial charge in [0.15, 0.2) is 0 Å². The van der Waals surface area contributed by atoms with Crippen molar-refractivity contribution in [1.29, 1.82) is 0 Å². The van der Waals surface area contributed by atoms with E-state index in [1.54, 1.807) is 0 Å². The minimum atomic E-state index is -1.44. The van der Waals surface area contributed by atoms with Crippen LogP contribution in [0.3, 0.4) is 0 Å². The smallest absolute Gasteiger partial charge is 0.394 e. The van der Waals surface area contributed by atoms with Crippen LogP contribution in [0.5, 0.6) is 0 Å². The van der Waals surface area contributed by atoms with Crippen molar-refractivity contribution in [3.63, 3.8) is 0 Å². The van der Waals surface area contributed by atoms with Gasteiger partial charge in [-0.05, 0) is 12.8 Å². The molecule has 0 aromatic carbocycles. The standard InChI is InChI=1S/C8H12N2O3/c1-5(9)6-3-2-4-10(6)7(11)8(12)13/h6H,1-4,9H2,(H,12,13). The average molecular weight is 184 g/mol. The zero-order chi connectivity index (χ0) is 10.0. The van der Waals surface area contributed by atoms with Crippen LogP contribution in [0.25, 0.3) is 0 Å². The number of hydrogen-bond acceptors (Lipinski definition) is 3. The quantitative estimate of drug-likeness (QED) is 0.540. The number of nitrogens with two attached hydrogens (primary N) is 1. The summed E-state index contributed by atoms with van der Waals surface area (Å²) < 4.78 is 0. The van der Waals surface area contributed by atoms with E-state index in [9.17, 15) is 9.59 Å². The molecule has 1 fully saturated rings. The van der Waals surface area contributed by atoms with E-state index >= 15 is 0 Å². The predicted molar refractivity (Wildman–Crippen MR) is 45.7 cm³/mol. The summed E-state index contributed by atoms with van der Waals surface area (Å²) in [4.78, 5) is 22.7. The number of aliphatic carboxylic acids is 1. The van der Waals surface area contributed by atoms with Crippen molar-refractivity contribution in [2.45, 2.75) is 18.9 Å². The molecular formula is C8H12N2O3. The zero-order valence-electron chi connectivity index (χ0n) is 7.19. The molecule has 0 saturated carbocycles. The molecule has 1 saturated heterocycles. The van der Waals surface area contributed by atoms with Gasteiger partial charge in [-0.1, -0.05) is 6.58 Å². The summed E-state index contributed by atoms with van der Waals surface area (Å²) in [6, 6.07) is -0.302. The van der Waals surface area contributed by atoms with Crippen LogP contribution in [0.15, 0.2) is 12.3 Å². The molecule has 1 amide bonds. The van der Waals surface area contributed by atoms with E-state index < -0.39 is 11.9 Å². The SMILES string of the molecule is C=C(N)C1CCCN1C(=O)C(=O)O. The Bertz CT molecular complexity index is 262. The molecule has 5 heteroatoms. The van der Waals surface area contributed by atoms with Gasteiger partial charge >= 0.3 is 11.9 Å². The number of carboxylic acid groups (broad SMARTS) is 1. The van der Waals surface area contributed by atoms with Gasteiger partial charge in [-0.3, -0.25) is 4.79 Å². The number of nitrogens with zero attached hydrogens (tertiary/aromatic N) is 1. The molecule has 1 unspecified atom stereocenters. The van der Waals surface area contributed by atoms with E-state index in [1.807, 2.05) is 0 Å². The summed E-state index contributed by atoms with van der Waals surface area (Å²) in [5, 5.41) is 8.48.